The average molecular weight is 400 g/mol. The van der Waals surface area contributed by atoms with Gasteiger partial charge < -0.3 is 9.88 Å². The van der Waals surface area contributed by atoms with Crippen molar-refractivity contribution in [1.29, 1.82) is 0 Å². The van der Waals surface area contributed by atoms with Crippen molar-refractivity contribution in [2.45, 2.75) is 26.6 Å². The summed E-state index contributed by atoms with van der Waals surface area (Å²) in [7, 11) is 0. The van der Waals surface area contributed by atoms with E-state index in [1.54, 1.807) is 0 Å². The normalized spacial score (nSPS) is 11.3. The fraction of sp³-hybridized carbons (Fsp3) is 0.182. The minimum atomic E-state index is -4.46. The Kier molecular flexibility index (Phi) is 5.59. The Labute approximate surface area is 165 Å². The van der Waals surface area contributed by atoms with E-state index < -0.39 is 23.2 Å². The van der Waals surface area contributed by atoms with Gasteiger partial charge in [-0.1, -0.05) is 18.2 Å². The van der Waals surface area contributed by atoms with Crippen LogP contribution in [0.5, 0.6) is 0 Å². The van der Waals surface area contributed by atoms with Crippen molar-refractivity contribution in [3.05, 3.63) is 99.0 Å². The first-order valence-corrected chi connectivity index (χ1v) is 8.88. The van der Waals surface area contributed by atoms with Crippen LogP contribution in [-0.2, 0) is 12.7 Å². The molecular formula is C22H19F3N2O2. The van der Waals surface area contributed by atoms with Crippen LogP contribution < -0.4 is 10.9 Å². The van der Waals surface area contributed by atoms with Gasteiger partial charge in [-0.15, -0.1) is 0 Å². The molecule has 7 heteroatoms. The maximum atomic E-state index is 12.9. The van der Waals surface area contributed by atoms with Crippen LogP contribution in [0.3, 0.4) is 0 Å². The Hall–Kier alpha value is -3.35. The maximum Gasteiger partial charge on any atom is 0.416 e. The molecule has 0 unspecified atom stereocenters. The first-order valence-electron chi connectivity index (χ1n) is 8.88. The lowest BCUT2D eigenvalue weighted by molar-refractivity contribution is -0.137. The molecule has 1 amide bonds. The number of anilines is 1. The number of nitrogens with one attached hydrogen (secondary N) is 1. The molecule has 1 N–H and O–H groups in total. The minimum Gasteiger partial charge on any atom is -0.322 e. The predicted octanol–water partition coefficient (Wildman–Crippen LogP) is 4.78. The Morgan fingerprint density at radius 2 is 1.69 bits per heavy atom. The molecule has 0 aliphatic carbocycles. The van der Waals surface area contributed by atoms with E-state index >= 15 is 0 Å². The zero-order valence-electron chi connectivity index (χ0n) is 15.9. The summed E-state index contributed by atoms with van der Waals surface area (Å²) < 4.78 is 39.9. The quantitative estimate of drug-likeness (QED) is 0.685. The van der Waals surface area contributed by atoms with Crippen molar-refractivity contribution in [2.24, 2.45) is 0 Å². The first-order chi connectivity index (χ1) is 13.6. The largest absolute Gasteiger partial charge is 0.416 e. The fourth-order valence-corrected chi connectivity index (χ4v) is 3.08. The van der Waals surface area contributed by atoms with Gasteiger partial charge in [0.25, 0.3) is 11.5 Å². The lowest BCUT2D eigenvalue weighted by Crippen LogP contribution is -2.22. The number of benzene rings is 2. The number of aromatic nitrogens is 1. The van der Waals surface area contributed by atoms with E-state index in [4.69, 9.17) is 0 Å². The number of halogens is 3. The number of carbonyl (C=O) groups excluding carboxylic acids is 1. The molecule has 29 heavy (non-hydrogen) atoms. The summed E-state index contributed by atoms with van der Waals surface area (Å²) in [4.78, 5) is 24.7. The van der Waals surface area contributed by atoms with Crippen LogP contribution >= 0.6 is 0 Å². The monoisotopic (exact) mass is 400 g/mol. The van der Waals surface area contributed by atoms with Gasteiger partial charge in [-0.25, -0.2) is 0 Å². The van der Waals surface area contributed by atoms with Crippen molar-refractivity contribution in [2.75, 3.05) is 5.32 Å². The van der Waals surface area contributed by atoms with Crippen LogP contribution in [0.15, 0.2) is 65.6 Å². The predicted molar refractivity (Wildman–Crippen MR) is 105 cm³/mol. The summed E-state index contributed by atoms with van der Waals surface area (Å²) in [6.45, 7) is 3.75. The van der Waals surface area contributed by atoms with Crippen molar-refractivity contribution in [3.63, 3.8) is 0 Å². The summed E-state index contributed by atoms with van der Waals surface area (Å²) in [5, 5.41) is 2.78. The molecule has 0 radical (unpaired) electrons. The highest BCUT2D eigenvalue weighted by Crippen LogP contribution is 2.29. The van der Waals surface area contributed by atoms with E-state index in [0.29, 0.717) is 11.3 Å². The van der Waals surface area contributed by atoms with Gasteiger partial charge in [-0.2, -0.15) is 13.2 Å². The highest BCUT2D eigenvalue weighted by Gasteiger charge is 2.30. The van der Waals surface area contributed by atoms with E-state index in [0.717, 1.165) is 23.3 Å². The zero-order valence-corrected chi connectivity index (χ0v) is 15.9. The molecule has 1 heterocycles. The number of aryl methyl sites for hydroxylation is 2. The van der Waals surface area contributed by atoms with E-state index in [1.807, 2.05) is 32.0 Å². The zero-order chi connectivity index (χ0) is 21.2. The summed E-state index contributed by atoms with van der Waals surface area (Å²) in [5.74, 6) is -0.409. The second-order valence-corrected chi connectivity index (χ2v) is 6.91. The van der Waals surface area contributed by atoms with Crippen LogP contribution in [0, 0.1) is 13.8 Å². The van der Waals surface area contributed by atoms with Crippen molar-refractivity contribution >= 4 is 11.6 Å². The number of carbonyl (C=O) groups is 1. The number of pyridine rings is 1. The number of hydrogen-bond acceptors (Lipinski definition) is 2. The smallest absolute Gasteiger partial charge is 0.322 e. The molecule has 0 spiro atoms. The lowest BCUT2D eigenvalue weighted by Gasteiger charge is -2.12. The Morgan fingerprint density at radius 3 is 2.34 bits per heavy atom. The number of amides is 1. The second kappa shape index (κ2) is 7.95. The third-order valence-corrected chi connectivity index (χ3v) is 4.33. The van der Waals surface area contributed by atoms with Crippen molar-refractivity contribution in [1.82, 2.24) is 4.57 Å². The summed E-state index contributed by atoms with van der Waals surface area (Å²) in [6, 6.07) is 13.0. The summed E-state index contributed by atoms with van der Waals surface area (Å²) >= 11 is 0. The van der Waals surface area contributed by atoms with E-state index in [-0.39, 0.29) is 12.1 Å². The molecule has 0 saturated heterocycles. The molecule has 3 rings (SSSR count). The Balaban J connectivity index is 1.84. The molecule has 0 fully saturated rings. The van der Waals surface area contributed by atoms with Crippen LogP contribution in [0.2, 0.25) is 0 Å². The van der Waals surface area contributed by atoms with Gasteiger partial charge in [-0.05, 0) is 60.9 Å². The Bertz CT molecular complexity index is 1100. The molecule has 0 atom stereocenters. The SMILES string of the molecule is Cc1cc(C)cc(NC(=O)c2ccc(=O)n(Cc3cccc(C(F)(F)F)c3)c2)c1. The third-order valence-electron chi connectivity index (χ3n) is 4.33. The van der Waals surface area contributed by atoms with Crippen molar-refractivity contribution < 1.29 is 18.0 Å². The lowest BCUT2D eigenvalue weighted by atomic mass is 10.1. The molecule has 150 valence electrons. The second-order valence-electron chi connectivity index (χ2n) is 6.91. The molecule has 3 aromatic rings. The molecule has 0 aliphatic heterocycles. The van der Waals surface area contributed by atoms with Gasteiger partial charge in [-0.3, -0.25) is 9.59 Å². The Morgan fingerprint density at radius 1 is 1.00 bits per heavy atom. The van der Waals surface area contributed by atoms with Crippen molar-refractivity contribution in [3.8, 4) is 0 Å². The fourth-order valence-electron chi connectivity index (χ4n) is 3.08. The highest BCUT2D eigenvalue weighted by atomic mass is 19.4. The molecule has 4 nitrogen and oxygen atoms in total. The van der Waals surface area contributed by atoms with Gasteiger partial charge >= 0.3 is 6.18 Å². The van der Waals surface area contributed by atoms with E-state index in [1.165, 1.54) is 35.0 Å². The van der Waals surface area contributed by atoms with Crippen LogP contribution in [0.4, 0.5) is 18.9 Å². The van der Waals surface area contributed by atoms with E-state index in [9.17, 15) is 22.8 Å². The topological polar surface area (TPSA) is 51.1 Å². The molecule has 0 saturated carbocycles. The minimum absolute atomic E-state index is 0.0760. The molecule has 1 aromatic heterocycles. The first kappa shape index (κ1) is 20.4. The highest BCUT2D eigenvalue weighted by molar-refractivity contribution is 6.04. The van der Waals surface area contributed by atoms with Gasteiger partial charge in [0.1, 0.15) is 0 Å². The number of alkyl halides is 3. The standard InChI is InChI=1S/C22H19F3N2O2/c1-14-8-15(2)10-19(9-14)26-21(29)17-6-7-20(28)27(13-17)12-16-4-3-5-18(11-16)22(23,24)25/h3-11,13H,12H2,1-2H3,(H,26,29). The number of nitrogens with zero attached hydrogens (tertiary/aromatic N) is 1. The molecule has 0 bridgehead atoms. The van der Waals surface area contributed by atoms with Crippen LogP contribution in [0.25, 0.3) is 0 Å². The summed E-state index contributed by atoms with van der Waals surface area (Å²) in [5.41, 5.74) is 1.97. The van der Waals surface area contributed by atoms with E-state index in [2.05, 4.69) is 5.32 Å². The average Bonchev–Trinajstić information content (AvgIpc) is 2.62. The maximum absolute atomic E-state index is 12.9. The molecule has 2 aromatic carbocycles. The van der Waals surface area contributed by atoms with Gasteiger partial charge in [0, 0.05) is 18.0 Å². The number of rotatable bonds is 4. The number of hydrogen-bond donors (Lipinski definition) is 1. The summed E-state index contributed by atoms with van der Waals surface area (Å²) in [6.07, 6.45) is -3.12. The van der Waals surface area contributed by atoms with Crippen LogP contribution in [-0.4, -0.2) is 10.5 Å². The molecular weight excluding hydrogens is 381 g/mol. The van der Waals surface area contributed by atoms with Gasteiger partial charge in [0.05, 0.1) is 17.7 Å². The van der Waals surface area contributed by atoms with Crippen LogP contribution in [0.1, 0.15) is 32.6 Å². The molecule has 0 aliphatic rings. The third kappa shape index (κ3) is 5.13. The van der Waals surface area contributed by atoms with Gasteiger partial charge in [0.15, 0.2) is 0 Å². The van der Waals surface area contributed by atoms with Gasteiger partial charge in [0.2, 0.25) is 0 Å².